The van der Waals surface area contributed by atoms with Crippen molar-refractivity contribution in [1.29, 1.82) is 0 Å². The Labute approximate surface area is 114 Å². The molecule has 0 aromatic carbocycles. The number of pyridine rings is 1. The smallest absolute Gasteiger partial charge is 0.290 e. The van der Waals surface area contributed by atoms with Crippen molar-refractivity contribution in [2.24, 2.45) is 5.92 Å². The van der Waals surface area contributed by atoms with Gasteiger partial charge in [0.15, 0.2) is 0 Å². The molecule has 0 aliphatic heterocycles. The van der Waals surface area contributed by atoms with Crippen LogP contribution in [0.3, 0.4) is 0 Å². The van der Waals surface area contributed by atoms with Gasteiger partial charge in [0.1, 0.15) is 0 Å². The van der Waals surface area contributed by atoms with E-state index in [1.807, 2.05) is 19.2 Å². The van der Waals surface area contributed by atoms with Crippen LogP contribution < -0.4 is 5.32 Å². The number of rotatable bonds is 6. The Morgan fingerprint density at radius 3 is 2.58 bits per heavy atom. The molecular formula is C14H21N3O2. The predicted molar refractivity (Wildman–Crippen MR) is 73.5 cm³/mol. The minimum Gasteiger partial charge on any atom is -0.337 e. The average molecular weight is 263 g/mol. The first-order chi connectivity index (χ1) is 8.97. The summed E-state index contributed by atoms with van der Waals surface area (Å²) in [6.07, 6.45) is 3.46. The number of aromatic nitrogens is 1. The number of nitrogens with zero attached hydrogens (tertiary/aromatic N) is 2. The zero-order valence-corrected chi connectivity index (χ0v) is 11.9. The van der Waals surface area contributed by atoms with E-state index < -0.39 is 5.91 Å². The molecule has 19 heavy (non-hydrogen) atoms. The zero-order valence-electron chi connectivity index (χ0n) is 11.9. The largest absolute Gasteiger partial charge is 0.337 e. The fourth-order valence-electron chi connectivity index (χ4n) is 1.74. The lowest BCUT2D eigenvalue weighted by molar-refractivity contribution is -0.145. The number of nitrogens with one attached hydrogen (secondary N) is 1. The third-order valence-corrected chi connectivity index (χ3v) is 2.97. The number of carbonyl (C=O) groups is 2. The SMILES string of the molecule is CNC(CN(C)C(=O)C(=O)C(C)C)c1cccnc1. The van der Waals surface area contributed by atoms with Crippen molar-refractivity contribution in [1.82, 2.24) is 15.2 Å². The zero-order chi connectivity index (χ0) is 14.4. The van der Waals surface area contributed by atoms with Gasteiger partial charge in [0.2, 0.25) is 5.78 Å². The number of Topliss-reactive ketones (excluding diaryl/α,β-unsaturated/α-hetero) is 1. The van der Waals surface area contributed by atoms with Gasteiger partial charge in [0.25, 0.3) is 5.91 Å². The summed E-state index contributed by atoms with van der Waals surface area (Å²) in [5.41, 5.74) is 0.988. The second kappa shape index (κ2) is 6.99. The number of ketones is 1. The minimum atomic E-state index is -0.445. The van der Waals surface area contributed by atoms with E-state index in [-0.39, 0.29) is 17.7 Å². The first kappa shape index (κ1) is 15.3. The maximum absolute atomic E-state index is 11.9. The van der Waals surface area contributed by atoms with Gasteiger partial charge in [-0.25, -0.2) is 0 Å². The van der Waals surface area contributed by atoms with E-state index in [9.17, 15) is 9.59 Å². The molecule has 1 rings (SSSR count). The highest BCUT2D eigenvalue weighted by Gasteiger charge is 2.23. The van der Waals surface area contributed by atoms with Crippen LogP contribution in [-0.4, -0.2) is 42.2 Å². The van der Waals surface area contributed by atoms with Gasteiger partial charge in [-0.1, -0.05) is 19.9 Å². The van der Waals surface area contributed by atoms with Crippen LogP contribution in [0.25, 0.3) is 0 Å². The first-order valence-electron chi connectivity index (χ1n) is 6.33. The maximum Gasteiger partial charge on any atom is 0.290 e. The molecule has 1 N–H and O–H groups in total. The maximum atomic E-state index is 11.9. The monoisotopic (exact) mass is 263 g/mol. The molecule has 0 radical (unpaired) electrons. The van der Waals surface area contributed by atoms with Gasteiger partial charge < -0.3 is 10.2 Å². The topological polar surface area (TPSA) is 62.3 Å². The van der Waals surface area contributed by atoms with Crippen molar-refractivity contribution < 1.29 is 9.59 Å². The van der Waals surface area contributed by atoms with E-state index in [2.05, 4.69) is 10.3 Å². The molecule has 1 unspecified atom stereocenters. The Hall–Kier alpha value is -1.75. The number of amides is 1. The summed E-state index contributed by atoms with van der Waals surface area (Å²) in [6, 6.07) is 3.75. The lowest BCUT2D eigenvalue weighted by atomic mass is 10.1. The van der Waals surface area contributed by atoms with Crippen LogP contribution >= 0.6 is 0 Å². The van der Waals surface area contributed by atoms with Crippen LogP contribution in [0.2, 0.25) is 0 Å². The number of hydrogen-bond acceptors (Lipinski definition) is 4. The molecule has 0 aliphatic carbocycles. The second-order valence-electron chi connectivity index (χ2n) is 4.83. The lowest BCUT2D eigenvalue weighted by Crippen LogP contribution is -2.40. The first-order valence-corrected chi connectivity index (χ1v) is 6.33. The van der Waals surface area contributed by atoms with Gasteiger partial charge in [-0.3, -0.25) is 14.6 Å². The molecule has 0 spiro atoms. The van der Waals surface area contributed by atoms with Gasteiger partial charge in [0.05, 0.1) is 6.04 Å². The van der Waals surface area contributed by atoms with Gasteiger partial charge in [-0.05, 0) is 18.7 Å². The standard InChI is InChI=1S/C14H21N3O2/c1-10(2)13(18)14(19)17(4)9-12(15-3)11-6-5-7-16-8-11/h5-8,10,12,15H,9H2,1-4H3. The normalized spacial score (nSPS) is 12.3. The minimum absolute atomic E-state index is 0.0392. The summed E-state index contributed by atoms with van der Waals surface area (Å²) in [4.78, 5) is 29.1. The molecule has 1 atom stereocenters. The van der Waals surface area contributed by atoms with Crippen molar-refractivity contribution in [3.8, 4) is 0 Å². The van der Waals surface area contributed by atoms with Gasteiger partial charge in [-0.2, -0.15) is 0 Å². The van der Waals surface area contributed by atoms with Crippen LogP contribution in [0.4, 0.5) is 0 Å². The highest BCUT2D eigenvalue weighted by molar-refractivity contribution is 6.36. The molecule has 1 aromatic heterocycles. The van der Waals surface area contributed by atoms with Crippen molar-refractivity contribution in [3.05, 3.63) is 30.1 Å². The Balaban J connectivity index is 2.72. The van der Waals surface area contributed by atoms with E-state index in [1.165, 1.54) is 4.90 Å². The third-order valence-electron chi connectivity index (χ3n) is 2.97. The molecule has 1 heterocycles. The second-order valence-corrected chi connectivity index (χ2v) is 4.83. The van der Waals surface area contributed by atoms with Crippen molar-refractivity contribution >= 4 is 11.7 Å². The molecule has 5 nitrogen and oxygen atoms in total. The molecule has 104 valence electrons. The molecule has 0 fully saturated rings. The Morgan fingerprint density at radius 1 is 1.42 bits per heavy atom. The third kappa shape index (κ3) is 4.13. The summed E-state index contributed by atoms with van der Waals surface area (Å²) in [5.74, 6) is -1.08. The lowest BCUT2D eigenvalue weighted by Gasteiger charge is -2.24. The van der Waals surface area contributed by atoms with Crippen LogP contribution in [0, 0.1) is 5.92 Å². The van der Waals surface area contributed by atoms with Crippen molar-refractivity contribution in [2.75, 3.05) is 20.6 Å². The van der Waals surface area contributed by atoms with Crippen LogP contribution in [0.1, 0.15) is 25.5 Å². The van der Waals surface area contributed by atoms with Crippen LogP contribution in [0.15, 0.2) is 24.5 Å². The molecular weight excluding hydrogens is 242 g/mol. The number of carbonyl (C=O) groups excluding carboxylic acids is 2. The Kier molecular flexibility index (Phi) is 5.63. The van der Waals surface area contributed by atoms with Gasteiger partial charge >= 0.3 is 0 Å². The highest BCUT2D eigenvalue weighted by atomic mass is 16.2. The van der Waals surface area contributed by atoms with E-state index in [0.717, 1.165) is 5.56 Å². The number of hydrogen-bond donors (Lipinski definition) is 1. The summed E-state index contributed by atoms with van der Waals surface area (Å²) in [5, 5.41) is 3.13. The predicted octanol–water partition coefficient (Wildman–Crippen LogP) is 1.03. The summed E-state index contributed by atoms with van der Waals surface area (Å²) >= 11 is 0. The highest BCUT2D eigenvalue weighted by Crippen LogP contribution is 2.12. The average Bonchev–Trinajstić information content (AvgIpc) is 2.43. The van der Waals surface area contributed by atoms with Gasteiger partial charge in [-0.15, -0.1) is 0 Å². The Bertz CT molecular complexity index is 432. The quantitative estimate of drug-likeness (QED) is 0.779. The molecule has 1 aromatic rings. The summed E-state index contributed by atoms with van der Waals surface area (Å²) < 4.78 is 0. The van der Waals surface area contributed by atoms with E-state index >= 15 is 0 Å². The Morgan fingerprint density at radius 2 is 2.11 bits per heavy atom. The molecule has 0 aliphatic rings. The molecule has 0 saturated carbocycles. The molecule has 0 bridgehead atoms. The summed E-state index contributed by atoms with van der Waals surface area (Å²) in [6.45, 7) is 3.88. The van der Waals surface area contributed by atoms with Crippen molar-refractivity contribution in [3.63, 3.8) is 0 Å². The molecule has 0 saturated heterocycles. The fourth-order valence-corrected chi connectivity index (χ4v) is 1.74. The molecule has 5 heteroatoms. The molecule has 1 amide bonds. The van der Waals surface area contributed by atoms with Crippen LogP contribution in [0.5, 0.6) is 0 Å². The fraction of sp³-hybridized carbons (Fsp3) is 0.500. The van der Waals surface area contributed by atoms with E-state index in [4.69, 9.17) is 0 Å². The number of likely N-dealkylation sites (N-methyl/N-ethyl adjacent to an activating group) is 2. The van der Waals surface area contributed by atoms with E-state index in [0.29, 0.717) is 6.54 Å². The van der Waals surface area contributed by atoms with Gasteiger partial charge in [0, 0.05) is 31.9 Å². The van der Waals surface area contributed by atoms with E-state index in [1.54, 1.807) is 33.3 Å². The van der Waals surface area contributed by atoms with Crippen molar-refractivity contribution in [2.45, 2.75) is 19.9 Å². The van der Waals surface area contributed by atoms with Crippen LogP contribution in [-0.2, 0) is 9.59 Å². The summed E-state index contributed by atoms with van der Waals surface area (Å²) in [7, 11) is 3.46.